The van der Waals surface area contributed by atoms with Gasteiger partial charge in [-0.05, 0) is 24.6 Å². The van der Waals surface area contributed by atoms with Crippen LogP contribution in [0, 0.1) is 0 Å². The lowest BCUT2D eigenvalue weighted by Gasteiger charge is -2.29. The number of halogens is 3. The monoisotopic (exact) mass is 408 g/mol. The summed E-state index contributed by atoms with van der Waals surface area (Å²) in [6.45, 7) is 1.66. The van der Waals surface area contributed by atoms with E-state index in [0.717, 1.165) is 12.1 Å². The van der Waals surface area contributed by atoms with Crippen LogP contribution in [-0.4, -0.2) is 62.1 Å². The standard InChI is InChI=1S/C16H19F3N2O5S/c1-11(15(23)21-6-8-27(24,25)9-7-21)20-14(22)10-12-2-4-13(5-3-12)26-16(17,18)19/h2-5,11H,6-10H2,1H3,(H,20,22). The maximum Gasteiger partial charge on any atom is 0.573 e. The lowest BCUT2D eigenvalue weighted by Crippen LogP contribution is -2.51. The van der Waals surface area contributed by atoms with Gasteiger partial charge in [0.25, 0.3) is 0 Å². The molecular formula is C16H19F3N2O5S. The molecule has 1 N–H and O–H groups in total. The van der Waals surface area contributed by atoms with Crippen LogP contribution in [0.15, 0.2) is 24.3 Å². The fraction of sp³-hybridized carbons (Fsp3) is 0.500. The van der Waals surface area contributed by atoms with Gasteiger partial charge in [-0.3, -0.25) is 9.59 Å². The van der Waals surface area contributed by atoms with E-state index >= 15 is 0 Å². The SMILES string of the molecule is CC(NC(=O)Cc1ccc(OC(F)(F)F)cc1)C(=O)N1CCS(=O)(=O)CC1. The van der Waals surface area contributed by atoms with Crippen LogP contribution in [0.3, 0.4) is 0 Å². The second kappa shape index (κ2) is 8.15. The van der Waals surface area contributed by atoms with Gasteiger partial charge in [0.2, 0.25) is 11.8 Å². The summed E-state index contributed by atoms with van der Waals surface area (Å²) in [6.07, 6.45) is -4.92. The molecule has 0 aromatic heterocycles. The predicted octanol–water partition coefficient (Wildman–Crippen LogP) is 0.889. The molecule has 1 saturated heterocycles. The van der Waals surface area contributed by atoms with Crippen LogP contribution >= 0.6 is 0 Å². The lowest BCUT2D eigenvalue weighted by atomic mass is 10.1. The van der Waals surface area contributed by atoms with Gasteiger partial charge in [0.05, 0.1) is 17.9 Å². The number of hydrogen-bond acceptors (Lipinski definition) is 5. The van der Waals surface area contributed by atoms with E-state index in [-0.39, 0.29) is 36.9 Å². The van der Waals surface area contributed by atoms with Crippen molar-refractivity contribution < 1.29 is 35.9 Å². The van der Waals surface area contributed by atoms with Gasteiger partial charge in [0, 0.05) is 13.1 Å². The molecule has 1 aromatic carbocycles. The second-order valence-electron chi connectivity index (χ2n) is 6.13. The summed E-state index contributed by atoms with van der Waals surface area (Å²) in [7, 11) is -3.12. The summed E-state index contributed by atoms with van der Waals surface area (Å²) in [5, 5.41) is 2.51. The molecule has 1 aliphatic rings. The number of nitrogens with zero attached hydrogens (tertiary/aromatic N) is 1. The van der Waals surface area contributed by atoms with Crippen molar-refractivity contribution in [2.24, 2.45) is 0 Å². The number of alkyl halides is 3. The largest absolute Gasteiger partial charge is 0.573 e. The van der Waals surface area contributed by atoms with Crippen LogP contribution in [0.4, 0.5) is 13.2 Å². The van der Waals surface area contributed by atoms with Gasteiger partial charge in [-0.1, -0.05) is 12.1 Å². The summed E-state index contributed by atoms with van der Waals surface area (Å²) in [4.78, 5) is 25.7. The van der Waals surface area contributed by atoms with Crippen LogP contribution in [-0.2, 0) is 25.8 Å². The van der Waals surface area contributed by atoms with Crippen molar-refractivity contribution in [3.8, 4) is 5.75 Å². The molecule has 1 aliphatic heterocycles. The van der Waals surface area contributed by atoms with Gasteiger partial charge in [-0.25, -0.2) is 8.42 Å². The zero-order valence-corrected chi connectivity index (χ0v) is 15.3. The molecule has 2 rings (SSSR count). The molecule has 11 heteroatoms. The number of hydrogen-bond donors (Lipinski definition) is 1. The molecule has 0 aliphatic carbocycles. The molecule has 0 spiro atoms. The van der Waals surface area contributed by atoms with E-state index in [1.165, 1.54) is 24.0 Å². The van der Waals surface area contributed by atoms with Crippen LogP contribution in [0.1, 0.15) is 12.5 Å². The Morgan fingerprint density at radius 2 is 1.74 bits per heavy atom. The van der Waals surface area contributed by atoms with Crippen molar-refractivity contribution in [2.45, 2.75) is 25.7 Å². The number of amides is 2. The predicted molar refractivity (Wildman–Crippen MR) is 89.7 cm³/mol. The number of sulfone groups is 1. The van der Waals surface area contributed by atoms with Crippen LogP contribution in [0.25, 0.3) is 0 Å². The van der Waals surface area contributed by atoms with Crippen molar-refractivity contribution in [3.05, 3.63) is 29.8 Å². The Hall–Kier alpha value is -2.30. The Kier molecular flexibility index (Phi) is 6.34. The molecule has 1 atom stereocenters. The quantitative estimate of drug-likeness (QED) is 0.781. The number of rotatable bonds is 5. The van der Waals surface area contributed by atoms with Crippen LogP contribution < -0.4 is 10.1 Å². The van der Waals surface area contributed by atoms with E-state index in [1.807, 2.05) is 0 Å². The molecule has 1 fully saturated rings. The van der Waals surface area contributed by atoms with Gasteiger partial charge in [0.1, 0.15) is 11.8 Å². The smallest absolute Gasteiger partial charge is 0.406 e. The summed E-state index contributed by atoms with van der Waals surface area (Å²) < 4.78 is 62.9. The van der Waals surface area contributed by atoms with Gasteiger partial charge < -0.3 is 15.0 Å². The van der Waals surface area contributed by atoms with Gasteiger partial charge in [-0.15, -0.1) is 13.2 Å². The minimum absolute atomic E-state index is 0.0854. The number of nitrogens with one attached hydrogen (secondary N) is 1. The summed E-state index contributed by atoms with van der Waals surface area (Å²) in [5.74, 6) is -1.47. The topological polar surface area (TPSA) is 92.8 Å². The highest BCUT2D eigenvalue weighted by atomic mass is 32.2. The highest BCUT2D eigenvalue weighted by Gasteiger charge is 2.31. The molecule has 7 nitrogen and oxygen atoms in total. The fourth-order valence-electron chi connectivity index (χ4n) is 2.56. The Morgan fingerprint density at radius 3 is 2.26 bits per heavy atom. The molecule has 1 heterocycles. The third-order valence-electron chi connectivity index (χ3n) is 3.93. The first-order valence-corrected chi connectivity index (χ1v) is 9.90. The van der Waals surface area contributed by atoms with Crippen molar-refractivity contribution in [2.75, 3.05) is 24.6 Å². The molecule has 150 valence electrons. The van der Waals surface area contributed by atoms with E-state index in [0.29, 0.717) is 5.56 Å². The first-order chi connectivity index (χ1) is 12.5. The van der Waals surface area contributed by atoms with Crippen LogP contribution in [0.5, 0.6) is 5.75 Å². The minimum Gasteiger partial charge on any atom is -0.406 e. The van der Waals surface area contributed by atoms with E-state index < -0.39 is 33.9 Å². The molecule has 1 unspecified atom stereocenters. The third-order valence-corrected chi connectivity index (χ3v) is 5.53. The fourth-order valence-corrected chi connectivity index (χ4v) is 3.76. The Labute approximate surface area is 154 Å². The van der Waals surface area contributed by atoms with Gasteiger partial charge >= 0.3 is 6.36 Å². The Balaban J connectivity index is 1.85. The normalized spacial score (nSPS) is 17.9. The third kappa shape index (κ3) is 6.74. The number of carbonyl (C=O) groups is 2. The van der Waals surface area contributed by atoms with E-state index in [4.69, 9.17) is 0 Å². The zero-order chi connectivity index (χ0) is 20.2. The Morgan fingerprint density at radius 1 is 1.19 bits per heavy atom. The maximum atomic E-state index is 12.3. The number of benzene rings is 1. The highest BCUT2D eigenvalue weighted by Crippen LogP contribution is 2.22. The van der Waals surface area contributed by atoms with Crippen molar-refractivity contribution in [1.82, 2.24) is 10.2 Å². The first-order valence-electron chi connectivity index (χ1n) is 8.08. The van der Waals surface area contributed by atoms with Crippen molar-refractivity contribution in [1.29, 1.82) is 0 Å². The molecule has 0 bridgehead atoms. The maximum absolute atomic E-state index is 12.3. The van der Waals surface area contributed by atoms with Crippen molar-refractivity contribution in [3.63, 3.8) is 0 Å². The van der Waals surface area contributed by atoms with E-state index in [2.05, 4.69) is 10.1 Å². The molecule has 1 aromatic rings. The zero-order valence-electron chi connectivity index (χ0n) is 14.5. The summed E-state index contributed by atoms with van der Waals surface area (Å²) in [6, 6.07) is 3.99. The van der Waals surface area contributed by atoms with Gasteiger partial charge in [0.15, 0.2) is 9.84 Å². The molecule has 27 heavy (non-hydrogen) atoms. The molecule has 0 radical (unpaired) electrons. The summed E-state index contributed by atoms with van der Waals surface area (Å²) in [5.41, 5.74) is 0.450. The Bertz CT molecular complexity index is 779. The second-order valence-corrected chi connectivity index (χ2v) is 8.44. The van der Waals surface area contributed by atoms with Crippen LogP contribution in [0.2, 0.25) is 0 Å². The van der Waals surface area contributed by atoms with E-state index in [1.54, 1.807) is 0 Å². The minimum atomic E-state index is -4.79. The van der Waals surface area contributed by atoms with E-state index in [9.17, 15) is 31.2 Å². The first kappa shape index (κ1) is 21.0. The molecule has 2 amide bonds. The molecular weight excluding hydrogens is 389 g/mol. The number of ether oxygens (including phenoxy) is 1. The molecule has 0 saturated carbocycles. The van der Waals surface area contributed by atoms with Crippen molar-refractivity contribution >= 4 is 21.7 Å². The summed E-state index contributed by atoms with van der Waals surface area (Å²) >= 11 is 0. The van der Waals surface area contributed by atoms with Gasteiger partial charge in [-0.2, -0.15) is 0 Å². The number of carbonyl (C=O) groups excluding carboxylic acids is 2. The lowest BCUT2D eigenvalue weighted by molar-refractivity contribution is -0.274. The average molecular weight is 408 g/mol. The highest BCUT2D eigenvalue weighted by molar-refractivity contribution is 7.91. The average Bonchev–Trinajstić information content (AvgIpc) is 2.54.